The maximum Gasteiger partial charge on any atom is 0.336 e. The lowest BCUT2D eigenvalue weighted by atomic mass is 10.2. The summed E-state index contributed by atoms with van der Waals surface area (Å²) in [6, 6.07) is 17.4. The molecule has 0 atom stereocenters. The van der Waals surface area contributed by atoms with E-state index in [1.54, 1.807) is 49.6 Å². The monoisotopic (exact) mass is 419 g/mol. The fourth-order valence-corrected chi connectivity index (χ4v) is 2.49. The number of carbonyl (C=O) groups excluding carboxylic acids is 2. The predicted octanol–water partition coefficient (Wildman–Crippen LogP) is 3.47. The topological polar surface area (TPSA) is 102 Å². The van der Waals surface area contributed by atoms with Crippen LogP contribution in [0.3, 0.4) is 0 Å². The Bertz CT molecular complexity index is 1060. The fourth-order valence-electron chi connectivity index (χ4n) is 2.49. The van der Waals surface area contributed by atoms with Crippen molar-refractivity contribution in [3.05, 3.63) is 84.3 Å². The number of hydrogen-bond donors (Lipinski definition) is 2. The number of carbonyl (C=O) groups is 2. The second-order valence-electron chi connectivity index (χ2n) is 6.19. The Labute approximate surface area is 179 Å². The van der Waals surface area contributed by atoms with Gasteiger partial charge in [0, 0.05) is 6.08 Å². The molecule has 1 aromatic heterocycles. The van der Waals surface area contributed by atoms with E-state index < -0.39 is 5.97 Å². The van der Waals surface area contributed by atoms with Gasteiger partial charge < -0.3 is 19.2 Å². The van der Waals surface area contributed by atoms with Gasteiger partial charge in [-0.25, -0.2) is 10.2 Å². The average Bonchev–Trinajstić information content (AvgIpc) is 3.31. The molecule has 1 heterocycles. The van der Waals surface area contributed by atoms with Crippen LogP contribution in [0.2, 0.25) is 0 Å². The molecule has 31 heavy (non-hydrogen) atoms. The van der Waals surface area contributed by atoms with Crippen LogP contribution in [0.25, 0.3) is 6.08 Å². The summed E-state index contributed by atoms with van der Waals surface area (Å²) in [7, 11) is 1.56. The summed E-state index contributed by atoms with van der Waals surface area (Å²) >= 11 is 0. The minimum atomic E-state index is -0.521. The van der Waals surface area contributed by atoms with Crippen LogP contribution < -0.4 is 20.2 Å². The van der Waals surface area contributed by atoms with Gasteiger partial charge in [-0.1, -0.05) is 12.1 Å². The Morgan fingerprint density at radius 3 is 2.61 bits per heavy atom. The molecule has 0 spiro atoms. The highest BCUT2D eigenvalue weighted by Crippen LogP contribution is 2.22. The minimum absolute atomic E-state index is 0.0398. The van der Waals surface area contributed by atoms with Crippen LogP contribution in [-0.4, -0.2) is 31.7 Å². The highest BCUT2D eigenvalue weighted by Gasteiger charge is 2.04. The molecule has 8 heteroatoms. The van der Waals surface area contributed by atoms with Gasteiger partial charge in [-0.15, -0.1) is 0 Å². The van der Waals surface area contributed by atoms with Gasteiger partial charge in [-0.3, -0.25) is 4.79 Å². The number of nitrogens with zero attached hydrogens (tertiary/aromatic N) is 1. The molecule has 0 aliphatic carbocycles. The van der Waals surface area contributed by atoms with Gasteiger partial charge in [-0.2, -0.15) is 5.10 Å². The molecule has 1 amide bonds. The van der Waals surface area contributed by atoms with Crippen LogP contribution in [-0.2, 0) is 9.59 Å². The van der Waals surface area contributed by atoms with Crippen molar-refractivity contribution in [2.24, 2.45) is 5.10 Å². The number of hydrazone groups is 1. The molecule has 3 aromatic rings. The third-order valence-corrected chi connectivity index (χ3v) is 3.97. The van der Waals surface area contributed by atoms with E-state index in [2.05, 4.69) is 15.8 Å². The third kappa shape index (κ3) is 6.90. The Morgan fingerprint density at radius 2 is 1.87 bits per heavy atom. The molecule has 0 aliphatic rings. The smallest absolute Gasteiger partial charge is 0.336 e. The van der Waals surface area contributed by atoms with Gasteiger partial charge in [0.05, 0.1) is 31.8 Å². The number of furan rings is 1. The lowest BCUT2D eigenvalue weighted by molar-refractivity contribution is -0.129. The largest absolute Gasteiger partial charge is 0.495 e. The number of esters is 1. The molecule has 0 saturated carbocycles. The van der Waals surface area contributed by atoms with Crippen molar-refractivity contribution in [3.63, 3.8) is 0 Å². The minimum Gasteiger partial charge on any atom is -0.495 e. The quantitative estimate of drug-likeness (QED) is 0.181. The van der Waals surface area contributed by atoms with Crippen molar-refractivity contribution in [2.75, 3.05) is 19.0 Å². The molecule has 0 bridgehead atoms. The average molecular weight is 419 g/mol. The van der Waals surface area contributed by atoms with E-state index in [1.165, 1.54) is 24.6 Å². The summed E-state index contributed by atoms with van der Waals surface area (Å²) in [5.41, 5.74) is 3.88. The van der Waals surface area contributed by atoms with Crippen LogP contribution >= 0.6 is 0 Å². The molecular formula is C23H21N3O5. The van der Waals surface area contributed by atoms with Crippen LogP contribution in [0.15, 0.2) is 82.5 Å². The number of nitrogens with one attached hydrogen (secondary N) is 2. The molecular weight excluding hydrogens is 398 g/mol. The molecule has 2 N–H and O–H groups in total. The van der Waals surface area contributed by atoms with Crippen molar-refractivity contribution in [1.29, 1.82) is 0 Å². The first-order chi connectivity index (χ1) is 15.1. The van der Waals surface area contributed by atoms with Crippen LogP contribution in [0, 0.1) is 0 Å². The Kier molecular flexibility index (Phi) is 7.59. The Balaban J connectivity index is 1.43. The van der Waals surface area contributed by atoms with E-state index in [-0.39, 0.29) is 12.5 Å². The summed E-state index contributed by atoms with van der Waals surface area (Å²) in [6.07, 6.45) is 5.81. The van der Waals surface area contributed by atoms with Gasteiger partial charge in [0.15, 0.2) is 0 Å². The summed E-state index contributed by atoms with van der Waals surface area (Å²) in [6.45, 7) is 0.0398. The SMILES string of the molecule is COc1ccccc1NCC(=O)N/N=C/c1ccc(OC(=O)/C=C/c2ccco2)cc1. The normalized spacial score (nSPS) is 10.9. The Morgan fingerprint density at radius 1 is 1.06 bits per heavy atom. The van der Waals surface area contributed by atoms with Crippen LogP contribution in [0.5, 0.6) is 11.5 Å². The number of para-hydroxylation sites is 2. The second kappa shape index (κ2) is 11.0. The number of amides is 1. The molecule has 0 radical (unpaired) electrons. The van der Waals surface area contributed by atoms with Gasteiger partial charge >= 0.3 is 5.97 Å². The van der Waals surface area contributed by atoms with E-state index in [0.29, 0.717) is 22.9 Å². The molecule has 0 fully saturated rings. The van der Waals surface area contributed by atoms with E-state index in [1.807, 2.05) is 18.2 Å². The maximum absolute atomic E-state index is 11.9. The third-order valence-electron chi connectivity index (χ3n) is 3.97. The molecule has 3 rings (SSSR count). The van der Waals surface area contributed by atoms with E-state index in [4.69, 9.17) is 13.9 Å². The zero-order chi connectivity index (χ0) is 21.9. The lowest BCUT2D eigenvalue weighted by Gasteiger charge is -2.09. The molecule has 0 unspecified atom stereocenters. The van der Waals surface area contributed by atoms with Crippen molar-refractivity contribution >= 4 is 29.9 Å². The fraction of sp³-hybridized carbons (Fsp3) is 0.0870. The van der Waals surface area contributed by atoms with Gasteiger partial charge in [0.1, 0.15) is 17.3 Å². The van der Waals surface area contributed by atoms with Crippen LogP contribution in [0.1, 0.15) is 11.3 Å². The maximum atomic E-state index is 11.9. The van der Waals surface area contributed by atoms with Crippen LogP contribution in [0.4, 0.5) is 5.69 Å². The zero-order valence-electron chi connectivity index (χ0n) is 16.8. The molecule has 158 valence electrons. The number of anilines is 1. The number of benzene rings is 2. The molecule has 0 saturated heterocycles. The number of rotatable bonds is 9. The van der Waals surface area contributed by atoms with Crippen molar-refractivity contribution in [1.82, 2.24) is 5.43 Å². The number of ether oxygens (including phenoxy) is 2. The molecule has 8 nitrogen and oxygen atoms in total. The first-order valence-corrected chi connectivity index (χ1v) is 9.36. The summed E-state index contributed by atoms with van der Waals surface area (Å²) in [5, 5.41) is 6.91. The zero-order valence-corrected chi connectivity index (χ0v) is 16.8. The van der Waals surface area contributed by atoms with E-state index in [9.17, 15) is 9.59 Å². The highest BCUT2D eigenvalue weighted by atomic mass is 16.5. The number of hydrogen-bond acceptors (Lipinski definition) is 7. The van der Waals surface area contributed by atoms with Gasteiger partial charge in [-0.05, 0) is 60.2 Å². The summed E-state index contributed by atoms with van der Waals surface area (Å²) in [5.74, 6) is 0.764. The first-order valence-electron chi connectivity index (χ1n) is 9.36. The van der Waals surface area contributed by atoms with Crippen molar-refractivity contribution in [2.45, 2.75) is 0 Å². The standard InChI is InChI=1S/C23H21N3O5/c1-29-21-7-3-2-6-20(21)24-16-22(27)26-25-15-17-8-10-19(11-9-17)31-23(28)13-12-18-5-4-14-30-18/h2-15,24H,16H2,1H3,(H,26,27)/b13-12+,25-15+. The van der Waals surface area contributed by atoms with E-state index in [0.717, 1.165) is 5.56 Å². The number of methoxy groups -OCH3 is 1. The Hall–Kier alpha value is -4.33. The lowest BCUT2D eigenvalue weighted by Crippen LogP contribution is -2.26. The highest BCUT2D eigenvalue weighted by molar-refractivity contribution is 5.88. The van der Waals surface area contributed by atoms with Gasteiger partial charge in [0.25, 0.3) is 5.91 Å². The molecule has 2 aromatic carbocycles. The molecule has 0 aliphatic heterocycles. The summed E-state index contributed by atoms with van der Waals surface area (Å²) < 4.78 is 15.5. The second-order valence-corrected chi connectivity index (χ2v) is 6.19. The first kappa shape index (κ1) is 21.4. The van der Waals surface area contributed by atoms with Gasteiger partial charge in [0.2, 0.25) is 0 Å². The predicted molar refractivity (Wildman–Crippen MR) is 117 cm³/mol. The summed E-state index contributed by atoms with van der Waals surface area (Å²) in [4.78, 5) is 23.7. The van der Waals surface area contributed by atoms with Crippen molar-refractivity contribution < 1.29 is 23.5 Å². The van der Waals surface area contributed by atoms with E-state index >= 15 is 0 Å². The van der Waals surface area contributed by atoms with Crippen molar-refractivity contribution in [3.8, 4) is 11.5 Å².